The molecule has 2 rings (SSSR count). The van der Waals surface area contributed by atoms with Crippen molar-refractivity contribution in [2.24, 2.45) is 0 Å². The van der Waals surface area contributed by atoms with Crippen LogP contribution in [0.25, 0.3) is 0 Å². The van der Waals surface area contributed by atoms with Gasteiger partial charge in [-0.05, 0) is 38.5 Å². The molecule has 2 fully saturated rings. The van der Waals surface area contributed by atoms with Crippen LogP contribution in [0.1, 0.15) is 38.5 Å². The van der Waals surface area contributed by atoms with Gasteiger partial charge in [0.2, 0.25) is 0 Å². The van der Waals surface area contributed by atoms with Crippen LogP contribution >= 0.6 is 0 Å². The Labute approximate surface area is 93.7 Å². The fourth-order valence-electron chi connectivity index (χ4n) is 1.37. The summed E-state index contributed by atoms with van der Waals surface area (Å²) in [5.41, 5.74) is 0. The maximum atomic E-state index is 5.07. The first-order chi connectivity index (χ1) is 6.00. The SMILES string of the molecule is C1CCOCC1.C1CCOCC1.N.N.N. The average Bonchev–Trinajstić information content (AvgIpc) is 2.24. The molecule has 9 N–H and O–H groups in total. The summed E-state index contributed by atoms with van der Waals surface area (Å²) in [6.45, 7) is 4.00. The summed E-state index contributed by atoms with van der Waals surface area (Å²) < 4.78 is 10.1. The molecule has 5 heteroatoms. The van der Waals surface area contributed by atoms with Gasteiger partial charge < -0.3 is 27.9 Å². The van der Waals surface area contributed by atoms with E-state index in [1.165, 1.54) is 38.5 Å². The van der Waals surface area contributed by atoms with Crippen LogP contribution in [-0.2, 0) is 9.47 Å². The molecule has 0 aromatic heterocycles. The van der Waals surface area contributed by atoms with Crippen LogP contribution in [-0.4, -0.2) is 26.4 Å². The van der Waals surface area contributed by atoms with Crippen LogP contribution in [0.3, 0.4) is 0 Å². The third-order valence-corrected chi connectivity index (χ3v) is 2.15. The van der Waals surface area contributed by atoms with Crippen molar-refractivity contribution in [3.8, 4) is 0 Å². The van der Waals surface area contributed by atoms with Crippen molar-refractivity contribution in [1.82, 2.24) is 18.5 Å². The monoisotopic (exact) mass is 223 g/mol. The highest BCUT2D eigenvalue weighted by Gasteiger charge is 1.95. The van der Waals surface area contributed by atoms with E-state index < -0.39 is 0 Å². The lowest BCUT2D eigenvalue weighted by Crippen LogP contribution is -2.03. The first-order valence-corrected chi connectivity index (χ1v) is 5.15. The van der Waals surface area contributed by atoms with Crippen LogP contribution < -0.4 is 18.5 Å². The number of hydrogen-bond acceptors (Lipinski definition) is 5. The van der Waals surface area contributed by atoms with E-state index in [1.54, 1.807) is 0 Å². The highest BCUT2D eigenvalue weighted by atomic mass is 16.5. The quantitative estimate of drug-likeness (QED) is 0.582. The Morgan fingerprint density at radius 3 is 0.733 bits per heavy atom. The Kier molecular flexibility index (Phi) is 21.9. The van der Waals surface area contributed by atoms with Gasteiger partial charge in [0, 0.05) is 26.4 Å². The Morgan fingerprint density at radius 1 is 0.400 bits per heavy atom. The fraction of sp³-hybridized carbons (Fsp3) is 1.00. The van der Waals surface area contributed by atoms with Gasteiger partial charge in [0.05, 0.1) is 0 Å². The zero-order valence-electron chi connectivity index (χ0n) is 10.0. The van der Waals surface area contributed by atoms with Crippen molar-refractivity contribution in [1.29, 1.82) is 0 Å². The van der Waals surface area contributed by atoms with Crippen LogP contribution in [0.5, 0.6) is 0 Å². The second kappa shape index (κ2) is 16.2. The Morgan fingerprint density at radius 2 is 0.667 bits per heavy atom. The Bertz CT molecular complexity index is 61.6. The largest absolute Gasteiger partial charge is 0.381 e. The number of rotatable bonds is 0. The van der Waals surface area contributed by atoms with E-state index >= 15 is 0 Å². The second-order valence-electron chi connectivity index (χ2n) is 3.35. The van der Waals surface area contributed by atoms with Gasteiger partial charge >= 0.3 is 0 Å². The second-order valence-corrected chi connectivity index (χ2v) is 3.35. The smallest absolute Gasteiger partial charge is 0.0466 e. The van der Waals surface area contributed by atoms with Gasteiger partial charge in [-0.1, -0.05) is 0 Å². The minimum atomic E-state index is 0. The van der Waals surface area contributed by atoms with Gasteiger partial charge in [0.1, 0.15) is 0 Å². The van der Waals surface area contributed by atoms with E-state index in [9.17, 15) is 0 Å². The molecule has 0 aromatic rings. The molecule has 5 nitrogen and oxygen atoms in total. The van der Waals surface area contributed by atoms with Crippen molar-refractivity contribution >= 4 is 0 Å². The highest BCUT2D eigenvalue weighted by molar-refractivity contribution is 4.45. The Hall–Kier alpha value is -0.200. The molecule has 2 saturated heterocycles. The molecule has 0 amide bonds. The number of ether oxygens (including phenoxy) is 2. The first kappa shape index (κ1) is 20.2. The summed E-state index contributed by atoms with van der Waals surface area (Å²) in [4.78, 5) is 0. The number of hydrogen-bond donors (Lipinski definition) is 3. The molecule has 0 aliphatic carbocycles. The molecule has 2 aliphatic heterocycles. The minimum Gasteiger partial charge on any atom is -0.381 e. The van der Waals surface area contributed by atoms with Crippen molar-refractivity contribution in [2.75, 3.05) is 26.4 Å². The van der Waals surface area contributed by atoms with Crippen LogP contribution in [0.4, 0.5) is 0 Å². The molecular weight excluding hydrogens is 194 g/mol. The van der Waals surface area contributed by atoms with Crippen molar-refractivity contribution in [3.05, 3.63) is 0 Å². The third kappa shape index (κ3) is 13.8. The van der Waals surface area contributed by atoms with E-state index in [1.807, 2.05) is 0 Å². The van der Waals surface area contributed by atoms with Crippen LogP contribution in [0.2, 0.25) is 0 Å². The lowest BCUT2D eigenvalue weighted by atomic mass is 10.2. The summed E-state index contributed by atoms with van der Waals surface area (Å²) in [5, 5.41) is 0. The normalized spacial score (nSPS) is 19.2. The molecule has 96 valence electrons. The van der Waals surface area contributed by atoms with E-state index in [2.05, 4.69) is 0 Å². The molecule has 0 aromatic carbocycles. The lowest BCUT2D eigenvalue weighted by molar-refractivity contribution is 0.0967. The molecular formula is C10H29N3O2. The molecule has 15 heavy (non-hydrogen) atoms. The highest BCUT2D eigenvalue weighted by Crippen LogP contribution is 2.02. The molecule has 0 spiro atoms. The van der Waals surface area contributed by atoms with Gasteiger partial charge in [0.25, 0.3) is 0 Å². The van der Waals surface area contributed by atoms with E-state index in [0.29, 0.717) is 0 Å². The van der Waals surface area contributed by atoms with Gasteiger partial charge in [-0.15, -0.1) is 0 Å². The molecule has 2 aliphatic rings. The van der Waals surface area contributed by atoms with Crippen LogP contribution in [0, 0.1) is 0 Å². The van der Waals surface area contributed by atoms with E-state index in [0.717, 1.165) is 26.4 Å². The van der Waals surface area contributed by atoms with Crippen molar-refractivity contribution in [2.45, 2.75) is 38.5 Å². The summed E-state index contributed by atoms with van der Waals surface area (Å²) in [6.07, 6.45) is 7.86. The standard InChI is InChI=1S/2C5H10O.3H3N/c2*1-2-4-6-5-3-1;;;/h2*1-5H2;3*1H3. The Balaban J connectivity index is -0.000000160. The van der Waals surface area contributed by atoms with E-state index in [4.69, 9.17) is 9.47 Å². The van der Waals surface area contributed by atoms with Gasteiger partial charge in [0.15, 0.2) is 0 Å². The van der Waals surface area contributed by atoms with E-state index in [-0.39, 0.29) is 18.5 Å². The lowest BCUT2D eigenvalue weighted by Gasteiger charge is -2.08. The summed E-state index contributed by atoms with van der Waals surface area (Å²) >= 11 is 0. The fourth-order valence-corrected chi connectivity index (χ4v) is 1.37. The zero-order valence-corrected chi connectivity index (χ0v) is 10.0. The third-order valence-electron chi connectivity index (χ3n) is 2.15. The maximum Gasteiger partial charge on any atom is 0.0466 e. The molecule has 0 bridgehead atoms. The topological polar surface area (TPSA) is 123 Å². The zero-order chi connectivity index (χ0) is 8.49. The van der Waals surface area contributed by atoms with Crippen molar-refractivity contribution < 1.29 is 9.47 Å². The minimum absolute atomic E-state index is 0. The van der Waals surface area contributed by atoms with Gasteiger partial charge in [-0.2, -0.15) is 0 Å². The van der Waals surface area contributed by atoms with Gasteiger partial charge in [-0.25, -0.2) is 0 Å². The molecule has 0 atom stereocenters. The molecule has 2 heterocycles. The van der Waals surface area contributed by atoms with Crippen LogP contribution in [0.15, 0.2) is 0 Å². The first-order valence-electron chi connectivity index (χ1n) is 5.15. The predicted molar refractivity (Wildman–Crippen MR) is 64.4 cm³/mol. The average molecular weight is 223 g/mol. The molecule has 0 radical (unpaired) electrons. The maximum absolute atomic E-state index is 5.07. The summed E-state index contributed by atoms with van der Waals surface area (Å²) in [6, 6.07) is 0. The molecule has 0 unspecified atom stereocenters. The predicted octanol–water partition coefficient (Wildman–Crippen LogP) is 2.86. The van der Waals surface area contributed by atoms with Gasteiger partial charge in [-0.3, -0.25) is 0 Å². The van der Waals surface area contributed by atoms with Crippen molar-refractivity contribution in [3.63, 3.8) is 0 Å². The molecule has 0 saturated carbocycles. The summed E-state index contributed by atoms with van der Waals surface area (Å²) in [7, 11) is 0. The summed E-state index contributed by atoms with van der Waals surface area (Å²) in [5.74, 6) is 0.